The zero-order valence-corrected chi connectivity index (χ0v) is 6.05. The maximum absolute atomic E-state index is 9.37. The Morgan fingerprint density at radius 3 is 3.00 bits per heavy atom. The van der Waals surface area contributed by atoms with E-state index in [0.717, 1.165) is 0 Å². The lowest BCUT2D eigenvalue weighted by Gasteiger charge is -2.11. The lowest BCUT2D eigenvalue weighted by Crippen LogP contribution is -2.22. The van der Waals surface area contributed by atoms with Crippen molar-refractivity contribution < 1.29 is 9.84 Å². The van der Waals surface area contributed by atoms with Crippen molar-refractivity contribution in [3.05, 3.63) is 18.5 Å². The fraction of sp³-hybridized carbons (Fsp3) is 0.571. The van der Waals surface area contributed by atoms with Gasteiger partial charge in [-0.1, -0.05) is 0 Å². The first-order valence-corrected chi connectivity index (χ1v) is 3.63. The van der Waals surface area contributed by atoms with Crippen molar-refractivity contribution in [2.24, 2.45) is 0 Å². The Hall–Kier alpha value is -0.870. The van der Waals surface area contributed by atoms with Gasteiger partial charge < -0.3 is 9.84 Å². The minimum atomic E-state index is -0.408. The topological polar surface area (TPSA) is 47.3 Å². The van der Waals surface area contributed by atoms with E-state index >= 15 is 0 Å². The van der Waals surface area contributed by atoms with E-state index in [1.807, 2.05) is 12.3 Å². The van der Waals surface area contributed by atoms with Crippen LogP contribution in [0.1, 0.15) is 6.04 Å². The van der Waals surface area contributed by atoms with Gasteiger partial charge in [0.1, 0.15) is 12.1 Å². The van der Waals surface area contributed by atoms with Gasteiger partial charge in [-0.2, -0.15) is 5.10 Å². The largest absolute Gasteiger partial charge is 0.388 e. The molecule has 1 N–H and O–H groups in total. The van der Waals surface area contributed by atoms with E-state index in [1.165, 1.54) is 0 Å². The Balaban J connectivity index is 2.16. The molecule has 0 bridgehead atoms. The average Bonchev–Trinajstić information content (AvgIpc) is 2.55. The van der Waals surface area contributed by atoms with Gasteiger partial charge in [-0.3, -0.25) is 4.68 Å². The Morgan fingerprint density at radius 2 is 2.45 bits per heavy atom. The van der Waals surface area contributed by atoms with E-state index in [-0.39, 0.29) is 6.04 Å². The van der Waals surface area contributed by atoms with Gasteiger partial charge in [0.15, 0.2) is 0 Å². The normalized spacial score (nSPS) is 31.0. The lowest BCUT2D eigenvalue weighted by atomic mass is 10.2. The summed E-state index contributed by atoms with van der Waals surface area (Å²) in [6, 6.07) is 1.84. The van der Waals surface area contributed by atoms with Crippen LogP contribution in [0.15, 0.2) is 18.5 Å². The average molecular weight is 154 g/mol. The van der Waals surface area contributed by atoms with Crippen molar-refractivity contribution in [3.63, 3.8) is 0 Å². The zero-order valence-electron chi connectivity index (χ0n) is 6.05. The number of hydrogen-bond donors (Lipinski definition) is 1. The Kier molecular flexibility index (Phi) is 1.63. The molecule has 2 heterocycles. The fourth-order valence-corrected chi connectivity index (χ4v) is 1.26. The van der Waals surface area contributed by atoms with Crippen LogP contribution in [0.25, 0.3) is 0 Å². The van der Waals surface area contributed by atoms with Gasteiger partial charge in [-0.05, 0) is 6.07 Å². The SMILES string of the molecule is O[C@@H]1COCC1n1cccn1. The van der Waals surface area contributed by atoms with E-state index in [2.05, 4.69) is 5.10 Å². The van der Waals surface area contributed by atoms with E-state index in [9.17, 15) is 5.11 Å². The number of hydrogen-bond acceptors (Lipinski definition) is 3. The molecule has 0 spiro atoms. The third-order valence-corrected chi connectivity index (χ3v) is 1.89. The highest BCUT2D eigenvalue weighted by Crippen LogP contribution is 2.17. The predicted molar refractivity (Wildman–Crippen MR) is 38.1 cm³/mol. The first-order valence-electron chi connectivity index (χ1n) is 3.63. The molecule has 2 rings (SSSR count). The summed E-state index contributed by atoms with van der Waals surface area (Å²) in [5.41, 5.74) is 0. The second-order valence-corrected chi connectivity index (χ2v) is 2.66. The van der Waals surface area contributed by atoms with Gasteiger partial charge in [0.05, 0.1) is 13.2 Å². The number of aromatic nitrogens is 2. The first-order chi connectivity index (χ1) is 5.38. The van der Waals surface area contributed by atoms with E-state index in [0.29, 0.717) is 13.2 Å². The van der Waals surface area contributed by atoms with Crippen LogP contribution in [0.2, 0.25) is 0 Å². The van der Waals surface area contributed by atoms with E-state index < -0.39 is 6.10 Å². The number of rotatable bonds is 1. The molecular formula is C7H10N2O2. The van der Waals surface area contributed by atoms with Crippen molar-refractivity contribution in [2.75, 3.05) is 13.2 Å². The minimum absolute atomic E-state index is 0.00463. The summed E-state index contributed by atoms with van der Waals surface area (Å²) in [5.74, 6) is 0. The molecule has 1 aliphatic rings. The standard InChI is InChI=1S/C7H10N2O2/c10-7-5-11-4-6(7)9-3-1-2-8-9/h1-3,6-7,10H,4-5H2/t6?,7-/m1/s1. The molecule has 0 saturated carbocycles. The van der Waals surface area contributed by atoms with Crippen molar-refractivity contribution in [1.82, 2.24) is 9.78 Å². The van der Waals surface area contributed by atoms with Crippen LogP contribution >= 0.6 is 0 Å². The van der Waals surface area contributed by atoms with Crippen molar-refractivity contribution >= 4 is 0 Å². The molecule has 1 fully saturated rings. The lowest BCUT2D eigenvalue weighted by molar-refractivity contribution is 0.118. The van der Waals surface area contributed by atoms with Crippen LogP contribution in [0.3, 0.4) is 0 Å². The van der Waals surface area contributed by atoms with Crippen molar-refractivity contribution in [3.8, 4) is 0 Å². The number of nitrogens with zero attached hydrogens (tertiary/aromatic N) is 2. The summed E-state index contributed by atoms with van der Waals surface area (Å²) < 4.78 is 6.82. The molecule has 2 atom stereocenters. The van der Waals surface area contributed by atoms with Crippen LogP contribution < -0.4 is 0 Å². The molecule has 0 radical (unpaired) electrons. The second kappa shape index (κ2) is 2.64. The van der Waals surface area contributed by atoms with Crippen molar-refractivity contribution in [1.29, 1.82) is 0 Å². The van der Waals surface area contributed by atoms with Crippen LogP contribution in [-0.2, 0) is 4.74 Å². The third kappa shape index (κ3) is 1.15. The summed E-state index contributed by atoms with van der Waals surface area (Å²) in [7, 11) is 0. The molecule has 0 amide bonds. The third-order valence-electron chi connectivity index (χ3n) is 1.89. The molecule has 11 heavy (non-hydrogen) atoms. The molecule has 1 aliphatic heterocycles. The minimum Gasteiger partial charge on any atom is -0.388 e. The van der Waals surface area contributed by atoms with Gasteiger partial charge in [0, 0.05) is 12.4 Å². The Labute approximate surface area is 64.4 Å². The molecule has 1 saturated heterocycles. The summed E-state index contributed by atoms with van der Waals surface area (Å²) in [4.78, 5) is 0. The summed E-state index contributed by atoms with van der Waals surface area (Å²) in [6.45, 7) is 0.980. The molecule has 60 valence electrons. The maximum atomic E-state index is 9.37. The Morgan fingerprint density at radius 1 is 1.55 bits per heavy atom. The number of ether oxygens (including phenoxy) is 1. The fourth-order valence-electron chi connectivity index (χ4n) is 1.26. The molecular weight excluding hydrogens is 144 g/mol. The molecule has 0 aromatic carbocycles. The van der Waals surface area contributed by atoms with Gasteiger partial charge in [0.2, 0.25) is 0 Å². The van der Waals surface area contributed by atoms with Gasteiger partial charge >= 0.3 is 0 Å². The molecule has 4 nitrogen and oxygen atoms in total. The van der Waals surface area contributed by atoms with Crippen molar-refractivity contribution in [2.45, 2.75) is 12.1 Å². The van der Waals surface area contributed by atoms with Crippen LogP contribution in [-0.4, -0.2) is 34.2 Å². The first kappa shape index (κ1) is 6.82. The smallest absolute Gasteiger partial charge is 0.103 e. The molecule has 4 heteroatoms. The molecule has 0 aliphatic carbocycles. The van der Waals surface area contributed by atoms with Crippen LogP contribution in [0.5, 0.6) is 0 Å². The monoisotopic (exact) mass is 154 g/mol. The van der Waals surface area contributed by atoms with E-state index in [4.69, 9.17) is 4.74 Å². The van der Waals surface area contributed by atoms with Gasteiger partial charge in [-0.15, -0.1) is 0 Å². The zero-order chi connectivity index (χ0) is 7.68. The summed E-state index contributed by atoms with van der Waals surface area (Å²) >= 11 is 0. The van der Waals surface area contributed by atoms with E-state index in [1.54, 1.807) is 10.9 Å². The van der Waals surface area contributed by atoms with Gasteiger partial charge in [-0.25, -0.2) is 0 Å². The molecule has 1 aromatic rings. The predicted octanol–water partition coefficient (Wildman–Crippen LogP) is -0.185. The quantitative estimate of drug-likeness (QED) is 0.610. The number of aliphatic hydroxyl groups is 1. The highest BCUT2D eigenvalue weighted by atomic mass is 16.5. The highest BCUT2D eigenvalue weighted by molar-refractivity contribution is 4.86. The second-order valence-electron chi connectivity index (χ2n) is 2.66. The van der Waals surface area contributed by atoms with Gasteiger partial charge in [0.25, 0.3) is 0 Å². The van der Waals surface area contributed by atoms with Crippen LogP contribution in [0, 0.1) is 0 Å². The highest BCUT2D eigenvalue weighted by Gasteiger charge is 2.27. The van der Waals surface area contributed by atoms with Crippen LogP contribution in [0.4, 0.5) is 0 Å². The summed E-state index contributed by atoms with van der Waals surface area (Å²) in [5, 5.41) is 13.4. The number of aliphatic hydroxyl groups excluding tert-OH is 1. The maximum Gasteiger partial charge on any atom is 0.103 e. The molecule has 1 unspecified atom stereocenters. The molecule has 1 aromatic heterocycles. The Bertz CT molecular complexity index is 222. The summed E-state index contributed by atoms with van der Waals surface area (Å²) in [6.07, 6.45) is 3.13.